The first kappa shape index (κ1) is 10.6. The molecule has 0 spiro atoms. The van der Waals surface area contributed by atoms with Crippen LogP contribution in [0.1, 0.15) is 5.56 Å². The maximum atomic E-state index is 5.83. The van der Waals surface area contributed by atoms with Crippen LogP contribution in [0.3, 0.4) is 0 Å². The van der Waals surface area contributed by atoms with Gasteiger partial charge in [-0.3, -0.25) is 0 Å². The average molecular weight is 259 g/mol. The molecule has 0 aromatic heterocycles. The topological polar surface area (TPSA) is 12.0 Å². The summed E-state index contributed by atoms with van der Waals surface area (Å²) in [5.74, 6) is 5.98. The molecule has 1 nitrogen and oxygen atoms in total. The molecule has 0 unspecified atom stereocenters. The molecule has 1 aromatic rings. The summed E-state index contributed by atoms with van der Waals surface area (Å²) < 4.78 is 0.973. The maximum absolute atomic E-state index is 5.83. The van der Waals surface area contributed by atoms with Crippen molar-refractivity contribution in [2.75, 3.05) is 13.6 Å². The third kappa shape index (κ3) is 3.40. The highest BCUT2D eigenvalue weighted by molar-refractivity contribution is 9.10. The van der Waals surface area contributed by atoms with Gasteiger partial charge < -0.3 is 5.32 Å². The standard InChI is InChI=1S/C10H9BrClN/c1-13-6-2-3-8-7-9(12)4-5-10(8)11/h4-5,7,13H,6H2,1H3. The molecule has 1 rings (SSSR count). The number of benzene rings is 1. The van der Waals surface area contributed by atoms with Gasteiger partial charge in [-0.15, -0.1) is 0 Å². The Labute approximate surface area is 91.6 Å². The van der Waals surface area contributed by atoms with Crippen LogP contribution in [0, 0.1) is 11.8 Å². The molecule has 68 valence electrons. The van der Waals surface area contributed by atoms with E-state index in [1.54, 1.807) is 0 Å². The molecule has 0 aliphatic rings. The minimum atomic E-state index is 0.680. The Morgan fingerprint density at radius 3 is 3.00 bits per heavy atom. The van der Waals surface area contributed by atoms with Crippen LogP contribution in [-0.2, 0) is 0 Å². The highest BCUT2D eigenvalue weighted by Crippen LogP contribution is 2.19. The third-order valence-corrected chi connectivity index (χ3v) is 2.34. The summed E-state index contributed by atoms with van der Waals surface area (Å²) in [6.07, 6.45) is 0. The number of nitrogens with one attached hydrogen (secondary N) is 1. The number of hydrogen-bond donors (Lipinski definition) is 1. The van der Waals surface area contributed by atoms with E-state index in [9.17, 15) is 0 Å². The van der Waals surface area contributed by atoms with Crippen molar-refractivity contribution in [3.8, 4) is 11.8 Å². The molecule has 0 saturated carbocycles. The molecule has 0 aliphatic heterocycles. The van der Waals surface area contributed by atoms with Crippen molar-refractivity contribution in [2.24, 2.45) is 0 Å². The molecule has 0 radical (unpaired) electrons. The van der Waals surface area contributed by atoms with Crippen molar-refractivity contribution in [1.29, 1.82) is 0 Å². The smallest absolute Gasteiger partial charge is 0.0577 e. The Morgan fingerprint density at radius 1 is 1.54 bits per heavy atom. The molecule has 13 heavy (non-hydrogen) atoms. The normalized spacial score (nSPS) is 9.15. The zero-order valence-corrected chi connectivity index (χ0v) is 9.54. The van der Waals surface area contributed by atoms with E-state index in [1.807, 2.05) is 25.2 Å². The molecule has 0 saturated heterocycles. The fourth-order valence-corrected chi connectivity index (χ4v) is 1.34. The zero-order chi connectivity index (χ0) is 9.68. The van der Waals surface area contributed by atoms with Gasteiger partial charge in [-0.1, -0.05) is 23.4 Å². The van der Waals surface area contributed by atoms with Gasteiger partial charge in [0.15, 0.2) is 0 Å². The van der Waals surface area contributed by atoms with Crippen LogP contribution in [0.15, 0.2) is 22.7 Å². The van der Waals surface area contributed by atoms with E-state index < -0.39 is 0 Å². The van der Waals surface area contributed by atoms with E-state index in [-0.39, 0.29) is 0 Å². The van der Waals surface area contributed by atoms with E-state index >= 15 is 0 Å². The maximum Gasteiger partial charge on any atom is 0.0577 e. The Hall–Kier alpha value is -0.490. The van der Waals surface area contributed by atoms with Crippen molar-refractivity contribution in [3.63, 3.8) is 0 Å². The summed E-state index contributed by atoms with van der Waals surface area (Å²) in [7, 11) is 1.86. The monoisotopic (exact) mass is 257 g/mol. The Morgan fingerprint density at radius 2 is 2.31 bits per heavy atom. The van der Waals surface area contributed by atoms with Crippen molar-refractivity contribution in [2.45, 2.75) is 0 Å². The lowest BCUT2D eigenvalue weighted by molar-refractivity contribution is 0.938. The lowest BCUT2D eigenvalue weighted by atomic mass is 10.2. The molecule has 1 N–H and O–H groups in total. The highest BCUT2D eigenvalue weighted by atomic mass is 79.9. The van der Waals surface area contributed by atoms with Crippen LogP contribution in [0.25, 0.3) is 0 Å². The minimum absolute atomic E-state index is 0.680. The highest BCUT2D eigenvalue weighted by Gasteiger charge is 1.96. The molecule has 3 heteroatoms. The van der Waals surface area contributed by atoms with E-state index in [0.717, 1.165) is 10.0 Å². The lowest BCUT2D eigenvalue weighted by Gasteiger charge is -1.95. The molecule has 1 aromatic carbocycles. The number of hydrogen-bond acceptors (Lipinski definition) is 1. The SMILES string of the molecule is CNCC#Cc1cc(Cl)ccc1Br. The average Bonchev–Trinajstić information content (AvgIpc) is 2.11. The molecule has 0 heterocycles. The molecule has 0 atom stereocenters. The fraction of sp³-hybridized carbons (Fsp3) is 0.200. The zero-order valence-electron chi connectivity index (χ0n) is 7.20. The van der Waals surface area contributed by atoms with Gasteiger partial charge in [-0.25, -0.2) is 0 Å². The number of rotatable bonds is 1. The molecule has 0 fully saturated rings. The van der Waals surface area contributed by atoms with Crippen molar-refractivity contribution >= 4 is 27.5 Å². The largest absolute Gasteiger partial charge is 0.309 e. The van der Waals surface area contributed by atoms with Crippen LogP contribution < -0.4 is 5.32 Å². The van der Waals surface area contributed by atoms with Gasteiger partial charge in [0.1, 0.15) is 0 Å². The van der Waals surface area contributed by atoms with Crippen molar-refractivity contribution < 1.29 is 0 Å². The first-order valence-electron chi connectivity index (χ1n) is 3.82. The first-order valence-corrected chi connectivity index (χ1v) is 4.99. The van der Waals surface area contributed by atoms with E-state index in [0.29, 0.717) is 11.6 Å². The van der Waals surface area contributed by atoms with Gasteiger partial charge in [-0.05, 0) is 41.2 Å². The second-order valence-corrected chi connectivity index (χ2v) is 3.75. The summed E-state index contributed by atoms with van der Waals surface area (Å²) in [5.41, 5.74) is 0.919. The van der Waals surface area contributed by atoms with Gasteiger partial charge in [-0.2, -0.15) is 0 Å². The van der Waals surface area contributed by atoms with E-state index in [2.05, 4.69) is 33.1 Å². The first-order chi connectivity index (χ1) is 6.24. The second-order valence-electron chi connectivity index (χ2n) is 2.46. The summed E-state index contributed by atoms with van der Waals surface area (Å²) in [4.78, 5) is 0. The quantitative estimate of drug-likeness (QED) is 0.764. The van der Waals surface area contributed by atoms with Gasteiger partial charge in [0.25, 0.3) is 0 Å². The Bertz CT molecular complexity index is 352. The third-order valence-electron chi connectivity index (χ3n) is 1.42. The van der Waals surface area contributed by atoms with Crippen LogP contribution >= 0.6 is 27.5 Å². The predicted octanol–water partition coefficient (Wildman–Crippen LogP) is 2.67. The summed E-state index contributed by atoms with van der Waals surface area (Å²) >= 11 is 9.23. The molecule has 0 amide bonds. The number of halogens is 2. The fourth-order valence-electron chi connectivity index (χ4n) is 0.821. The summed E-state index contributed by atoms with van der Waals surface area (Å²) in [5, 5.41) is 3.66. The van der Waals surface area contributed by atoms with Crippen molar-refractivity contribution in [3.05, 3.63) is 33.3 Å². The van der Waals surface area contributed by atoms with E-state index in [1.165, 1.54) is 0 Å². The molecular formula is C10H9BrClN. The minimum Gasteiger partial charge on any atom is -0.309 e. The molecule has 0 bridgehead atoms. The van der Waals surface area contributed by atoms with Gasteiger partial charge in [0.05, 0.1) is 6.54 Å². The van der Waals surface area contributed by atoms with Crippen LogP contribution in [0.5, 0.6) is 0 Å². The van der Waals surface area contributed by atoms with Crippen LogP contribution in [-0.4, -0.2) is 13.6 Å². The van der Waals surface area contributed by atoms with Gasteiger partial charge >= 0.3 is 0 Å². The van der Waals surface area contributed by atoms with Gasteiger partial charge in [0.2, 0.25) is 0 Å². The van der Waals surface area contributed by atoms with E-state index in [4.69, 9.17) is 11.6 Å². The summed E-state index contributed by atoms with van der Waals surface area (Å²) in [6, 6.07) is 5.56. The second kappa shape index (κ2) is 5.29. The van der Waals surface area contributed by atoms with Crippen molar-refractivity contribution in [1.82, 2.24) is 5.32 Å². The molecular weight excluding hydrogens is 249 g/mol. The Balaban J connectivity index is 2.89. The summed E-state index contributed by atoms with van der Waals surface area (Å²) in [6.45, 7) is 0.680. The van der Waals surface area contributed by atoms with Crippen LogP contribution in [0.4, 0.5) is 0 Å². The van der Waals surface area contributed by atoms with Crippen LogP contribution in [0.2, 0.25) is 5.02 Å². The Kier molecular flexibility index (Phi) is 4.31. The predicted molar refractivity (Wildman–Crippen MR) is 60.0 cm³/mol. The molecule has 0 aliphatic carbocycles. The van der Waals surface area contributed by atoms with Gasteiger partial charge in [0, 0.05) is 15.1 Å². The lowest BCUT2D eigenvalue weighted by Crippen LogP contribution is -2.04.